The number of oxime groups is 1. The number of rotatable bonds is 5. The molecule has 2 rings (SSSR count). The van der Waals surface area contributed by atoms with Crippen LogP contribution >= 0.6 is 0 Å². The van der Waals surface area contributed by atoms with Gasteiger partial charge < -0.3 is 15.1 Å². The largest absolute Gasteiger partial charge is 0.488 e. The number of hydrogen-bond donors (Lipinski definition) is 2. The zero-order valence-corrected chi connectivity index (χ0v) is 11.6. The van der Waals surface area contributed by atoms with E-state index in [-0.39, 0.29) is 12.3 Å². The molecule has 0 radical (unpaired) electrons. The van der Waals surface area contributed by atoms with Crippen LogP contribution in [-0.4, -0.2) is 16.0 Å². The summed E-state index contributed by atoms with van der Waals surface area (Å²) in [6.45, 7) is 1.86. The lowest BCUT2D eigenvalue weighted by molar-refractivity contribution is 0.281. The summed E-state index contributed by atoms with van der Waals surface area (Å²) in [4.78, 5) is 0. The van der Waals surface area contributed by atoms with Crippen LogP contribution in [-0.2, 0) is 13.2 Å². The molecule has 2 N–H and O–H groups in total. The molecule has 4 nitrogen and oxygen atoms in total. The standard InChI is InChI=1S/C16H16FNO3/c1-11(18-20)15-8-14(17)6-7-16(15)21-10-13-4-2-12(9-19)3-5-13/h2-8,19-20H,9-10H2,1H3/b18-11-. The van der Waals surface area contributed by atoms with Gasteiger partial charge in [-0.15, -0.1) is 0 Å². The van der Waals surface area contributed by atoms with E-state index >= 15 is 0 Å². The molecule has 0 aliphatic carbocycles. The van der Waals surface area contributed by atoms with Crippen LogP contribution in [0.15, 0.2) is 47.6 Å². The van der Waals surface area contributed by atoms with Gasteiger partial charge in [-0.1, -0.05) is 29.4 Å². The van der Waals surface area contributed by atoms with Crippen LogP contribution in [0.4, 0.5) is 4.39 Å². The third kappa shape index (κ3) is 3.79. The quantitative estimate of drug-likeness (QED) is 0.505. The van der Waals surface area contributed by atoms with E-state index in [1.807, 2.05) is 24.3 Å². The Labute approximate surface area is 122 Å². The summed E-state index contributed by atoms with van der Waals surface area (Å²) in [5.74, 6) is 0.0191. The molecule has 0 aliphatic heterocycles. The van der Waals surface area contributed by atoms with E-state index in [1.165, 1.54) is 18.2 Å². The molecule has 0 fully saturated rings. The Balaban J connectivity index is 2.15. The SMILES string of the molecule is C/C(=N/O)c1cc(F)ccc1OCc1ccc(CO)cc1. The minimum atomic E-state index is -0.423. The molecular formula is C16H16FNO3. The molecule has 0 heterocycles. The van der Waals surface area contributed by atoms with Gasteiger partial charge in [0.15, 0.2) is 0 Å². The van der Waals surface area contributed by atoms with Gasteiger partial charge in [0.05, 0.1) is 12.3 Å². The Morgan fingerprint density at radius 1 is 1.14 bits per heavy atom. The van der Waals surface area contributed by atoms with Gasteiger partial charge in [-0.25, -0.2) is 4.39 Å². The second-order valence-corrected chi connectivity index (χ2v) is 4.59. The lowest BCUT2D eigenvalue weighted by Crippen LogP contribution is -2.03. The fraction of sp³-hybridized carbons (Fsp3) is 0.188. The first-order valence-corrected chi connectivity index (χ1v) is 6.44. The topological polar surface area (TPSA) is 62.1 Å². The summed E-state index contributed by atoms with van der Waals surface area (Å²) in [7, 11) is 0. The highest BCUT2D eigenvalue weighted by Gasteiger charge is 2.09. The van der Waals surface area contributed by atoms with Gasteiger partial charge in [0.1, 0.15) is 18.2 Å². The smallest absolute Gasteiger partial charge is 0.129 e. The molecule has 2 aromatic rings. The van der Waals surface area contributed by atoms with E-state index in [4.69, 9.17) is 15.1 Å². The Morgan fingerprint density at radius 2 is 1.81 bits per heavy atom. The molecule has 0 amide bonds. The van der Waals surface area contributed by atoms with E-state index in [9.17, 15) is 4.39 Å². The maximum Gasteiger partial charge on any atom is 0.129 e. The highest BCUT2D eigenvalue weighted by Crippen LogP contribution is 2.22. The molecular weight excluding hydrogens is 273 g/mol. The molecule has 0 saturated heterocycles. The van der Waals surface area contributed by atoms with E-state index in [0.29, 0.717) is 17.9 Å². The highest BCUT2D eigenvalue weighted by atomic mass is 19.1. The third-order valence-electron chi connectivity index (χ3n) is 3.08. The van der Waals surface area contributed by atoms with Crippen LogP contribution in [0.2, 0.25) is 0 Å². The number of aliphatic hydroxyl groups is 1. The van der Waals surface area contributed by atoms with Crippen molar-refractivity contribution in [3.8, 4) is 5.75 Å². The van der Waals surface area contributed by atoms with Crippen LogP contribution in [0.3, 0.4) is 0 Å². The maximum atomic E-state index is 13.3. The molecule has 0 aromatic heterocycles. The third-order valence-corrected chi connectivity index (χ3v) is 3.08. The zero-order valence-electron chi connectivity index (χ0n) is 11.6. The molecule has 21 heavy (non-hydrogen) atoms. The number of aliphatic hydroxyl groups excluding tert-OH is 1. The Kier molecular flexibility index (Phi) is 4.90. The van der Waals surface area contributed by atoms with Crippen molar-refractivity contribution in [2.75, 3.05) is 0 Å². The first kappa shape index (κ1) is 15.0. The minimum absolute atomic E-state index is 0.00456. The number of benzene rings is 2. The van der Waals surface area contributed by atoms with Crippen molar-refractivity contribution in [3.05, 3.63) is 65.0 Å². The normalized spacial score (nSPS) is 11.5. The number of halogens is 1. The van der Waals surface area contributed by atoms with Gasteiger partial charge in [-0.3, -0.25) is 0 Å². The summed E-state index contributed by atoms with van der Waals surface area (Å²) < 4.78 is 18.9. The van der Waals surface area contributed by atoms with Crippen LogP contribution in [0.1, 0.15) is 23.6 Å². The highest BCUT2D eigenvalue weighted by molar-refractivity contribution is 6.00. The van der Waals surface area contributed by atoms with Crippen LogP contribution < -0.4 is 4.74 Å². The number of hydrogen-bond acceptors (Lipinski definition) is 4. The lowest BCUT2D eigenvalue weighted by atomic mass is 10.1. The van der Waals surface area contributed by atoms with Crippen molar-refractivity contribution < 1.29 is 19.4 Å². The molecule has 5 heteroatoms. The van der Waals surface area contributed by atoms with Gasteiger partial charge in [-0.05, 0) is 36.2 Å². The van der Waals surface area contributed by atoms with Crippen molar-refractivity contribution in [2.24, 2.45) is 5.16 Å². The monoisotopic (exact) mass is 289 g/mol. The fourth-order valence-electron chi connectivity index (χ4n) is 1.87. The first-order valence-electron chi connectivity index (χ1n) is 6.44. The van der Waals surface area contributed by atoms with Gasteiger partial charge in [0, 0.05) is 5.56 Å². The maximum absolute atomic E-state index is 13.3. The van der Waals surface area contributed by atoms with Gasteiger partial charge in [-0.2, -0.15) is 0 Å². The predicted molar refractivity (Wildman–Crippen MR) is 77.1 cm³/mol. The Hall–Kier alpha value is -2.40. The second kappa shape index (κ2) is 6.85. The summed E-state index contributed by atoms with van der Waals surface area (Å²) >= 11 is 0. The van der Waals surface area contributed by atoms with Crippen molar-refractivity contribution >= 4 is 5.71 Å². The van der Waals surface area contributed by atoms with E-state index < -0.39 is 5.82 Å². The molecule has 0 saturated carbocycles. The van der Waals surface area contributed by atoms with E-state index in [0.717, 1.165) is 11.1 Å². The molecule has 0 spiro atoms. The van der Waals surface area contributed by atoms with Gasteiger partial charge >= 0.3 is 0 Å². The van der Waals surface area contributed by atoms with Gasteiger partial charge in [0.2, 0.25) is 0 Å². The molecule has 0 atom stereocenters. The van der Waals surface area contributed by atoms with Crippen molar-refractivity contribution in [2.45, 2.75) is 20.1 Å². The lowest BCUT2D eigenvalue weighted by Gasteiger charge is -2.11. The average Bonchev–Trinajstić information content (AvgIpc) is 2.53. The van der Waals surface area contributed by atoms with Crippen LogP contribution in [0.5, 0.6) is 5.75 Å². The summed E-state index contributed by atoms with van der Waals surface area (Å²) in [6, 6.07) is 11.4. The Morgan fingerprint density at radius 3 is 2.43 bits per heavy atom. The summed E-state index contributed by atoms with van der Waals surface area (Å²) in [5.41, 5.74) is 2.43. The zero-order chi connectivity index (χ0) is 15.2. The van der Waals surface area contributed by atoms with E-state index in [2.05, 4.69) is 5.16 Å². The minimum Gasteiger partial charge on any atom is -0.488 e. The molecule has 0 aliphatic rings. The molecule has 110 valence electrons. The molecule has 0 unspecified atom stereocenters. The van der Waals surface area contributed by atoms with Gasteiger partial charge in [0.25, 0.3) is 0 Å². The van der Waals surface area contributed by atoms with Crippen molar-refractivity contribution in [1.29, 1.82) is 0 Å². The number of nitrogens with zero attached hydrogens (tertiary/aromatic N) is 1. The number of ether oxygens (including phenoxy) is 1. The predicted octanol–water partition coefficient (Wildman–Crippen LogP) is 3.10. The molecule has 2 aromatic carbocycles. The first-order chi connectivity index (χ1) is 10.1. The summed E-state index contributed by atoms with van der Waals surface area (Å²) in [5, 5.41) is 20.9. The average molecular weight is 289 g/mol. The summed E-state index contributed by atoms with van der Waals surface area (Å²) in [6.07, 6.45) is 0. The fourth-order valence-corrected chi connectivity index (χ4v) is 1.87. The Bertz CT molecular complexity index is 638. The van der Waals surface area contributed by atoms with Crippen LogP contribution in [0, 0.1) is 5.82 Å². The van der Waals surface area contributed by atoms with Crippen molar-refractivity contribution in [3.63, 3.8) is 0 Å². The van der Waals surface area contributed by atoms with Crippen LogP contribution in [0.25, 0.3) is 0 Å². The second-order valence-electron chi connectivity index (χ2n) is 4.59. The van der Waals surface area contributed by atoms with Crippen molar-refractivity contribution in [1.82, 2.24) is 0 Å². The van der Waals surface area contributed by atoms with E-state index in [1.54, 1.807) is 6.92 Å². The molecule has 0 bridgehead atoms.